The number of aromatic nitrogens is 4. The van der Waals surface area contributed by atoms with Crippen LogP contribution in [0.25, 0.3) is 16.9 Å². The quantitative estimate of drug-likeness (QED) is 0.272. The average Bonchev–Trinajstić information content (AvgIpc) is 3.39. The maximum Gasteiger partial charge on any atom is 0.330 e. The van der Waals surface area contributed by atoms with Crippen LogP contribution in [0.2, 0.25) is 0 Å². The second kappa shape index (κ2) is 11.7. The van der Waals surface area contributed by atoms with Gasteiger partial charge in [-0.05, 0) is 29.8 Å². The molecule has 0 saturated carbocycles. The molecular formula is C29H25N5O4S. The SMILES string of the molecule is COc1ccc(-n2cc(-c3ccccc3)nc2SCC(=O)Nc2cc(=O)[nH]c(=O)n2Cc2ccccc2)cc1. The van der Waals surface area contributed by atoms with Crippen LogP contribution in [0, 0.1) is 0 Å². The number of anilines is 1. The van der Waals surface area contributed by atoms with Crippen molar-refractivity contribution in [1.29, 1.82) is 0 Å². The molecule has 0 bridgehead atoms. The van der Waals surface area contributed by atoms with Gasteiger partial charge in [-0.15, -0.1) is 0 Å². The number of rotatable bonds is 9. The lowest BCUT2D eigenvalue weighted by molar-refractivity contribution is -0.113. The number of nitrogens with one attached hydrogen (secondary N) is 2. The largest absolute Gasteiger partial charge is 0.497 e. The number of nitrogens with zero attached hydrogens (tertiary/aromatic N) is 3. The van der Waals surface area contributed by atoms with Gasteiger partial charge in [-0.3, -0.25) is 23.7 Å². The molecule has 0 aliphatic carbocycles. The molecule has 9 nitrogen and oxygen atoms in total. The summed E-state index contributed by atoms with van der Waals surface area (Å²) in [7, 11) is 1.61. The number of imidazole rings is 1. The Bertz CT molecular complexity index is 1690. The smallest absolute Gasteiger partial charge is 0.330 e. The first-order valence-electron chi connectivity index (χ1n) is 12.1. The van der Waals surface area contributed by atoms with Crippen LogP contribution in [-0.2, 0) is 11.3 Å². The topological polar surface area (TPSA) is 111 Å². The highest BCUT2D eigenvalue weighted by Crippen LogP contribution is 2.28. The Labute approximate surface area is 228 Å². The fraction of sp³-hybridized carbons (Fsp3) is 0.103. The summed E-state index contributed by atoms with van der Waals surface area (Å²) in [5.41, 5.74) is 2.24. The maximum absolute atomic E-state index is 13.0. The van der Waals surface area contributed by atoms with Gasteiger partial charge in [0.1, 0.15) is 11.6 Å². The Morgan fingerprint density at radius 2 is 1.67 bits per heavy atom. The fourth-order valence-corrected chi connectivity index (χ4v) is 4.79. The number of ether oxygens (including phenoxy) is 1. The predicted octanol–water partition coefficient (Wildman–Crippen LogP) is 4.18. The van der Waals surface area contributed by atoms with E-state index in [4.69, 9.17) is 9.72 Å². The molecule has 39 heavy (non-hydrogen) atoms. The van der Waals surface area contributed by atoms with Crippen molar-refractivity contribution in [3.8, 4) is 22.7 Å². The van der Waals surface area contributed by atoms with Gasteiger partial charge in [-0.2, -0.15) is 0 Å². The highest BCUT2D eigenvalue weighted by atomic mass is 32.2. The number of hydrogen-bond donors (Lipinski definition) is 2. The second-order valence-electron chi connectivity index (χ2n) is 8.58. The van der Waals surface area contributed by atoms with Crippen molar-refractivity contribution in [3.63, 3.8) is 0 Å². The zero-order valence-corrected chi connectivity index (χ0v) is 21.9. The highest BCUT2D eigenvalue weighted by Gasteiger charge is 2.16. The van der Waals surface area contributed by atoms with E-state index in [1.165, 1.54) is 22.4 Å². The number of carbonyl (C=O) groups excluding carboxylic acids is 1. The van der Waals surface area contributed by atoms with Crippen molar-refractivity contribution in [3.05, 3.63) is 124 Å². The monoisotopic (exact) mass is 539 g/mol. The highest BCUT2D eigenvalue weighted by molar-refractivity contribution is 7.99. The summed E-state index contributed by atoms with van der Waals surface area (Å²) in [6.45, 7) is 0.196. The summed E-state index contributed by atoms with van der Waals surface area (Å²) in [6, 6.07) is 27.8. The first-order valence-corrected chi connectivity index (χ1v) is 13.1. The summed E-state index contributed by atoms with van der Waals surface area (Å²) in [4.78, 5) is 44.6. The van der Waals surface area contributed by atoms with Crippen LogP contribution in [0.3, 0.4) is 0 Å². The average molecular weight is 540 g/mol. The van der Waals surface area contributed by atoms with Crippen LogP contribution >= 0.6 is 11.8 Å². The summed E-state index contributed by atoms with van der Waals surface area (Å²) in [6.07, 6.45) is 1.92. The Balaban J connectivity index is 1.38. The van der Waals surface area contributed by atoms with Crippen LogP contribution in [0.1, 0.15) is 5.56 Å². The van der Waals surface area contributed by atoms with E-state index in [2.05, 4.69) is 10.3 Å². The normalized spacial score (nSPS) is 10.8. The molecular weight excluding hydrogens is 514 g/mol. The second-order valence-corrected chi connectivity index (χ2v) is 9.52. The first kappa shape index (κ1) is 25.8. The summed E-state index contributed by atoms with van der Waals surface area (Å²) in [5.74, 6) is 0.488. The molecule has 0 unspecified atom stereocenters. The number of benzene rings is 3. The van der Waals surface area contributed by atoms with Gasteiger partial charge in [-0.25, -0.2) is 9.78 Å². The molecule has 0 spiro atoms. The zero-order valence-electron chi connectivity index (χ0n) is 21.0. The number of hydrogen-bond acceptors (Lipinski definition) is 6. The molecule has 0 atom stereocenters. The molecule has 1 amide bonds. The van der Waals surface area contributed by atoms with Crippen molar-refractivity contribution < 1.29 is 9.53 Å². The minimum Gasteiger partial charge on any atom is -0.497 e. The number of H-pyrrole nitrogens is 1. The van der Waals surface area contributed by atoms with Gasteiger partial charge in [0.2, 0.25) is 5.91 Å². The Hall–Kier alpha value is -4.83. The predicted molar refractivity (Wildman–Crippen MR) is 152 cm³/mol. The van der Waals surface area contributed by atoms with Gasteiger partial charge in [0.15, 0.2) is 5.16 Å². The molecule has 2 N–H and O–H groups in total. The number of aromatic amines is 1. The van der Waals surface area contributed by atoms with Gasteiger partial charge in [0.05, 0.1) is 25.1 Å². The number of amides is 1. The van der Waals surface area contributed by atoms with Crippen molar-refractivity contribution in [2.24, 2.45) is 0 Å². The van der Waals surface area contributed by atoms with E-state index in [0.29, 0.717) is 5.16 Å². The fourth-order valence-electron chi connectivity index (χ4n) is 4.00. The van der Waals surface area contributed by atoms with E-state index < -0.39 is 11.2 Å². The van der Waals surface area contributed by atoms with Crippen molar-refractivity contribution in [2.45, 2.75) is 11.7 Å². The Morgan fingerprint density at radius 3 is 2.36 bits per heavy atom. The third-order valence-corrected chi connectivity index (χ3v) is 6.86. The van der Waals surface area contributed by atoms with Crippen LogP contribution in [0.5, 0.6) is 5.75 Å². The summed E-state index contributed by atoms with van der Waals surface area (Å²) in [5, 5.41) is 3.34. The van der Waals surface area contributed by atoms with E-state index in [9.17, 15) is 14.4 Å². The van der Waals surface area contributed by atoms with Crippen LogP contribution in [0.4, 0.5) is 5.82 Å². The number of thioether (sulfide) groups is 1. The van der Waals surface area contributed by atoms with E-state index in [0.717, 1.165) is 28.3 Å². The molecule has 0 aliphatic heterocycles. The van der Waals surface area contributed by atoms with Gasteiger partial charge in [0, 0.05) is 23.5 Å². The van der Waals surface area contributed by atoms with E-state index >= 15 is 0 Å². The number of methoxy groups -OCH3 is 1. The first-order chi connectivity index (χ1) is 19.0. The third kappa shape index (κ3) is 6.19. The minimum atomic E-state index is -0.600. The zero-order chi connectivity index (χ0) is 27.2. The van der Waals surface area contributed by atoms with Crippen molar-refractivity contribution in [2.75, 3.05) is 18.2 Å². The number of carbonyl (C=O) groups is 1. The maximum atomic E-state index is 13.0. The summed E-state index contributed by atoms with van der Waals surface area (Å²) < 4.78 is 8.52. The molecule has 2 aromatic heterocycles. The van der Waals surface area contributed by atoms with Crippen molar-refractivity contribution in [1.82, 2.24) is 19.1 Å². The molecule has 0 fully saturated rings. The van der Waals surface area contributed by atoms with Crippen LogP contribution < -0.4 is 21.3 Å². The van der Waals surface area contributed by atoms with Crippen LogP contribution in [0.15, 0.2) is 112 Å². The molecule has 5 rings (SSSR count). The minimum absolute atomic E-state index is 0.00766. The molecule has 0 saturated heterocycles. The van der Waals surface area contributed by atoms with E-state index in [1.54, 1.807) is 7.11 Å². The molecule has 196 valence electrons. The summed E-state index contributed by atoms with van der Waals surface area (Å²) >= 11 is 1.25. The Kier molecular flexibility index (Phi) is 7.74. The van der Waals surface area contributed by atoms with Gasteiger partial charge < -0.3 is 10.1 Å². The molecule has 5 aromatic rings. The van der Waals surface area contributed by atoms with Crippen molar-refractivity contribution >= 4 is 23.5 Å². The van der Waals surface area contributed by atoms with Gasteiger partial charge in [0.25, 0.3) is 5.56 Å². The molecule has 3 aromatic carbocycles. The Morgan fingerprint density at radius 1 is 0.974 bits per heavy atom. The molecule has 0 aliphatic rings. The lowest BCUT2D eigenvalue weighted by Gasteiger charge is -2.13. The van der Waals surface area contributed by atoms with Crippen LogP contribution in [-0.4, -0.2) is 37.9 Å². The molecule has 0 radical (unpaired) electrons. The van der Waals surface area contributed by atoms with E-state index in [-0.39, 0.29) is 24.0 Å². The third-order valence-electron chi connectivity index (χ3n) is 5.91. The van der Waals surface area contributed by atoms with Gasteiger partial charge in [-0.1, -0.05) is 72.4 Å². The standard InChI is InChI=1S/C29H25N5O4S/c1-38-23-14-12-22(13-15-23)33-18-24(21-10-6-3-7-11-21)30-29(33)39-19-27(36)31-25-16-26(35)32-28(37)34(25)17-20-8-4-2-5-9-20/h2-16,18H,17,19H2,1H3,(H,31,36)(H,32,35,37). The lowest BCUT2D eigenvalue weighted by Crippen LogP contribution is -2.33. The molecule has 10 heteroatoms. The van der Waals surface area contributed by atoms with Gasteiger partial charge >= 0.3 is 5.69 Å². The van der Waals surface area contributed by atoms with E-state index in [1.807, 2.05) is 95.7 Å². The molecule has 2 heterocycles. The lowest BCUT2D eigenvalue weighted by atomic mass is 10.2.